The highest BCUT2D eigenvalue weighted by Crippen LogP contribution is 2.17. The van der Waals surface area contributed by atoms with Crippen molar-refractivity contribution in [1.82, 2.24) is 15.1 Å². The molecule has 2 heterocycles. The number of likely N-dealkylation sites (N-methyl/N-ethyl adjacent to an activating group) is 1. The molecule has 0 aromatic carbocycles. The van der Waals surface area contributed by atoms with E-state index in [1.807, 2.05) is 0 Å². The summed E-state index contributed by atoms with van der Waals surface area (Å²) in [5, 5.41) is 3.29. The molecule has 15 heavy (non-hydrogen) atoms. The Balaban J connectivity index is 2.03. The predicted octanol–water partition coefficient (Wildman–Crippen LogP) is -0.961. The quantitative estimate of drug-likeness (QED) is 0.568. The Hall–Kier alpha value is -0.940. The third-order valence-electron chi connectivity index (χ3n) is 3.17. The van der Waals surface area contributed by atoms with Crippen LogP contribution in [0.2, 0.25) is 0 Å². The van der Waals surface area contributed by atoms with Crippen LogP contribution >= 0.6 is 0 Å². The van der Waals surface area contributed by atoms with Crippen molar-refractivity contribution >= 4 is 11.8 Å². The minimum Gasteiger partial charge on any atom is -0.315 e. The van der Waals surface area contributed by atoms with Gasteiger partial charge in [-0.15, -0.1) is 0 Å². The van der Waals surface area contributed by atoms with E-state index < -0.39 is 0 Å². The Morgan fingerprint density at radius 3 is 2.73 bits per heavy atom. The van der Waals surface area contributed by atoms with E-state index in [0.717, 1.165) is 32.6 Å². The molecule has 0 aliphatic carbocycles. The lowest BCUT2D eigenvalue weighted by Gasteiger charge is -2.24. The Bertz CT molecular complexity index is 272. The summed E-state index contributed by atoms with van der Waals surface area (Å²) < 4.78 is 0. The monoisotopic (exact) mass is 211 g/mol. The largest absolute Gasteiger partial charge is 0.315 e. The van der Waals surface area contributed by atoms with Crippen molar-refractivity contribution in [2.24, 2.45) is 0 Å². The Kier molecular flexibility index (Phi) is 3.02. The minimum atomic E-state index is -0.206. The Morgan fingerprint density at radius 2 is 2.07 bits per heavy atom. The van der Waals surface area contributed by atoms with Gasteiger partial charge in [-0.25, -0.2) is 0 Å². The molecule has 2 rings (SSSR count). The van der Waals surface area contributed by atoms with Crippen LogP contribution in [0.5, 0.6) is 0 Å². The maximum Gasteiger partial charge on any atom is 0.246 e. The number of carbonyl (C=O) groups is 2. The minimum absolute atomic E-state index is 0.0399. The lowest BCUT2D eigenvalue weighted by Crippen LogP contribution is -2.42. The second kappa shape index (κ2) is 4.28. The molecule has 1 N–H and O–H groups in total. The molecule has 0 radical (unpaired) electrons. The highest BCUT2D eigenvalue weighted by Gasteiger charge is 2.39. The smallest absolute Gasteiger partial charge is 0.246 e. The van der Waals surface area contributed by atoms with Gasteiger partial charge in [0.2, 0.25) is 11.8 Å². The normalized spacial score (nSPS) is 29.7. The molecule has 1 atom stereocenters. The number of hydrogen-bond acceptors (Lipinski definition) is 4. The van der Waals surface area contributed by atoms with E-state index >= 15 is 0 Å². The first-order valence-corrected chi connectivity index (χ1v) is 5.45. The summed E-state index contributed by atoms with van der Waals surface area (Å²) in [6.07, 6.45) is 1.40. The van der Waals surface area contributed by atoms with Gasteiger partial charge in [0.1, 0.15) is 0 Å². The van der Waals surface area contributed by atoms with E-state index in [9.17, 15) is 9.59 Å². The van der Waals surface area contributed by atoms with E-state index in [-0.39, 0.29) is 17.9 Å². The summed E-state index contributed by atoms with van der Waals surface area (Å²) in [6, 6.07) is -0.206. The van der Waals surface area contributed by atoms with Crippen LogP contribution in [0.3, 0.4) is 0 Å². The van der Waals surface area contributed by atoms with Gasteiger partial charge in [0.15, 0.2) is 0 Å². The van der Waals surface area contributed by atoms with Crippen LogP contribution in [-0.4, -0.2) is 60.9 Å². The fourth-order valence-corrected chi connectivity index (χ4v) is 2.20. The molecule has 0 aromatic rings. The summed E-state index contributed by atoms with van der Waals surface area (Å²) in [5.74, 6) is -0.0934. The molecule has 2 saturated heterocycles. The van der Waals surface area contributed by atoms with Gasteiger partial charge in [0.25, 0.3) is 0 Å². The van der Waals surface area contributed by atoms with Crippen LogP contribution in [-0.2, 0) is 9.59 Å². The summed E-state index contributed by atoms with van der Waals surface area (Å²) in [6.45, 7) is 3.67. The van der Waals surface area contributed by atoms with Crippen molar-refractivity contribution in [3.8, 4) is 0 Å². The average Bonchev–Trinajstić information content (AvgIpc) is 2.51. The first kappa shape index (κ1) is 10.6. The number of nitrogens with zero attached hydrogens (tertiary/aromatic N) is 2. The molecule has 0 aromatic heterocycles. The van der Waals surface area contributed by atoms with E-state index in [2.05, 4.69) is 10.2 Å². The molecule has 2 aliphatic rings. The third kappa shape index (κ3) is 2.03. The number of nitrogens with one attached hydrogen (secondary N) is 1. The van der Waals surface area contributed by atoms with Crippen molar-refractivity contribution < 1.29 is 9.59 Å². The first-order chi connectivity index (χ1) is 7.20. The van der Waals surface area contributed by atoms with Crippen LogP contribution in [0, 0.1) is 0 Å². The molecule has 0 saturated carbocycles. The second-order valence-corrected chi connectivity index (χ2v) is 4.15. The average molecular weight is 211 g/mol. The number of imide groups is 1. The molecule has 1 unspecified atom stereocenters. The van der Waals surface area contributed by atoms with Crippen LogP contribution in [0.1, 0.15) is 12.8 Å². The number of likely N-dealkylation sites (tertiary alicyclic amines) is 1. The van der Waals surface area contributed by atoms with E-state index in [0.29, 0.717) is 6.42 Å². The molecule has 5 nitrogen and oxygen atoms in total. The maximum absolute atomic E-state index is 11.8. The Labute approximate surface area is 89.4 Å². The van der Waals surface area contributed by atoms with Gasteiger partial charge >= 0.3 is 0 Å². The SMILES string of the molecule is CN1C(=O)CC(N2CCCNCC2)C1=O. The predicted molar refractivity (Wildman–Crippen MR) is 55.2 cm³/mol. The van der Waals surface area contributed by atoms with Gasteiger partial charge in [0.05, 0.1) is 12.5 Å². The van der Waals surface area contributed by atoms with Gasteiger partial charge in [0, 0.05) is 26.7 Å². The Morgan fingerprint density at radius 1 is 1.27 bits per heavy atom. The number of rotatable bonds is 1. The van der Waals surface area contributed by atoms with Crippen molar-refractivity contribution in [3.63, 3.8) is 0 Å². The molecule has 5 heteroatoms. The first-order valence-electron chi connectivity index (χ1n) is 5.45. The van der Waals surface area contributed by atoms with Crippen LogP contribution in [0.4, 0.5) is 0 Å². The summed E-state index contributed by atoms with van der Waals surface area (Å²) >= 11 is 0. The van der Waals surface area contributed by atoms with E-state index in [1.165, 1.54) is 4.90 Å². The van der Waals surface area contributed by atoms with Crippen LogP contribution < -0.4 is 5.32 Å². The molecular weight excluding hydrogens is 194 g/mol. The van der Waals surface area contributed by atoms with Gasteiger partial charge in [-0.05, 0) is 13.0 Å². The highest BCUT2D eigenvalue weighted by atomic mass is 16.2. The standard InChI is InChI=1S/C10H17N3O2/c1-12-9(14)7-8(10(12)15)13-5-2-3-11-4-6-13/h8,11H,2-7H2,1H3. The number of carbonyl (C=O) groups excluding carboxylic acids is 2. The fourth-order valence-electron chi connectivity index (χ4n) is 2.20. The number of hydrogen-bond donors (Lipinski definition) is 1. The van der Waals surface area contributed by atoms with Crippen molar-refractivity contribution in [3.05, 3.63) is 0 Å². The van der Waals surface area contributed by atoms with E-state index in [1.54, 1.807) is 7.05 Å². The van der Waals surface area contributed by atoms with Crippen LogP contribution in [0.15, 0.2) is 0 Å². The van der Waals surface area contributed by atoms with Gasteiger partial charge in [-0.1, -0.05) is 0 Å². The highest BCUT2D eigenvalue weighted by molar-refractivity contribution is 6.05. The third-order valence-corrected chi connectivity index (χ3v) is 3.17. The zero-order chi connectivity index (χ0) is 10.8. The summed E-state index contributed by atoms with van der Waals surface area (Å²) in [7, 11) is 1.57. The molecule has 0 spiro atoms. The molecular formula is C10H17N3O2. The zero-order valence-corrected chi connectivity index (χ0v) is 9.03. The number of amides is 2. The van der Waals surface area contributed by atoms with Gasteiger partial charge in [-0.3, -0.25) is 19.4 Å². The maximum atomic E-state index is 11.8. The topological polar surface area (TPSA) is 52.7 Å². The molecule has 84 valence electrons. The summed E-state index contributed by atoms with van der Waals surface area (Å²) in [4.78, 5) is 26.5. The molecule has 2 fully saturated rings. The summed E-state index contributed by atoms with van der Waals surface area (Å²) in [5.41, 5.74) is 0. The lowest BCUT2D eigenvalue weighted by molar-refractivity contribution is -0.138. The van der Waals surface area contributed by atoms with Crippen molar-refractivity contribution in [2.45, 2.75) is 18.9 Å². The van der Waals surface area contributed by atoms with Crippen molar-refractivity contribution in [2.75, 3.05) is 33.2 Å². The zero-order valence-electron chi connectivity index (χ0n) is 9.03. The lowest BCUT2D eigenvalue weighted by atomic mass is 10.2. The second-order valence-electron chi connectivity index (χ2n) is 4.15. The van der Waals surface area contributed by atoms with Gasteiger partial charge in [-0.2, -0.15) is 0 Å². The molecule has 2 amide bonds. The molecule has 0 bridgehead atoms. The van der Waals surface area contributed by atoms with E-state index in [4.69, 9.17) is 0 Å². The fraction of sp³-hybridized carbons (Fsp3) is 0.800. The van der Waals surface area contributed by atoms with Gasteiger partial charge < -0.3 is 5.32 Å². The van der Waals surface area contributed by atoms with Crippen molar-refractivity contribution in [1.29, 1.82) is 0 Å². The molecule has 2 aliphatic heterocycles. The van der Waals surface area contributed by atoms with Crippen LogP contribution in [0.25, 0.3) is 0 Å².